The highest BCUT2D eigenvalue weighted by Crippen LogP contribution is 2.61. The summed E-state index contributed by atoms with van der Waals surface area (Å²) in [7, 11) is 0. The van der Waals surface area contributed by atoms with Gasteiger partial charge < -0.3 is 18.6 Å². The standard InChI is InChI=1S/C67H45NO.C61H41NO/c1-4-15-46(16-5-1)49-27-35-53(36-28-49)67(54-37-29-50(30-38-54)47-17-6-2-7-18-47)63-25-12-10-21-59(63)60-44-43-57(45-64(60)67)68(55-39-31-51(32-40-55)48-19-8-3-9-20-48)56-41-33-52(34-42-56)58-23-14-24-62-61-22-11-13-26-65(61)69-66(58)62;1-4-15-42(16-5-1)44-27-33-47(34-28-44)61(48-35-29-45(30-36-48)43-17-6-2-7-18-43)57-25-12-10-21-53(57)54-40-39-51(41-58(54)61)62(49-19-8-3-9-20-49)50-37-31-46(32-38-50)52-23-14-24-56-55-22-11-13-26-59(55)63-60(52)56/h1-45H;1-41H. The van der Waals surface area contributed by atoms with Crippen molar-refractivity contribution in [2.45, 2.75) is 10.8 Å². The molecule has 0 N–H and O–H groups in total. The van der Waals surface area contributed by atoms with Crippen LogP contribution >= 0.6 is 0 Å². The lowest BCUT2D eigenvalue weighted by atomic mass is 9.67. The number of hydrogen-bond donors (Lipinski definition) is 0. The van der Waals surface area contributed by atoms with E-state index in [1.165, 1.54) is 122 Å². The van der Waals surface area contributed by atoms with Crippen LogP contribution in [0.15, 0.2) is 531 Å². The molecule has 2 aliphatic rings. The third-order valence-corrected chi connectivity index (χ3v) is 27.2. The third kappa shape index (κ3) is 13.5. The summed E-state index contributed by atoms with van der Waals surface area (Å²) in [6.07, 6.45) is 0. The minimum atomic E-state index is -0.621. The Hall–Kier alpha value is -17.2. The Morgan fingerprint density at radius 3 is 0.697 bits per heavy atom. The number of hydrogen-bond acceptors (Lipinski definition) is 4. The SMILES string of the molecule is c1ccc(-c2ccc(C3(c4ccc(-c5ccccc5)cc4)c4ccccc4-c4ccc(N(c5ccccc5)c5ccc(-c6cccc7c6oc6ccccc67)cc5)cc43)cc2)cc1.c1ccc(-c2ccc(N(c3ccc(-c4cccc5c4oc4ccccc45)cc3)c3ccc4c(c3)C(c3ccc(-c5ccccc5)cc3)(c3ccc(-c5ccccc5)cc3)c3ccccc3-4)cc2)cc1. The number of rotatable bonds is 17. The molecule has 0 bridgehead atoms. The lowest BCUT2D eigenvalue weighted by Crippen LogP contribution is -2.28. The quantitative estimate of drug-likeness (QED) is 0.0910. The van der Waals surface area contributed by atoms with Crippen molar-refractivity contribution in [3.05, 3.63) is 566 Å². The van der Waals surface area contributed by atoms with Crippen LogP contribution in [0.1, 0.15) is 44.5 Å². The van der Waals surface area contributed by atoms with Gasteiger partial charge in [0.1, 0.15) is 22.3 Å². The molecule has 2 aliphatic carbocycles. The van der Waals surface area contributed by atoms with Crippen molar-refractivity contribution < 1.29 is 8.83 Å². The molecule has 0 aliphatic heterocycles. The highest BCUT2D eigenvalue weighted by atomic mass is 16.3. The molecular weight excluding hydrogens is 1600 g/mol. The summed E-state index contributed by atoms with van der Waals surface area (Å²) in [6.45, 7) is 0. The first-order valence-electron chi connectivity index (χ1n) is 45.4. The Morgan fingerprint density at radius 1 is 0.144 bits per heavy atom. The number of benzene rings is 21. The average molecular weight is 1680 g/mol. The number of para-hydroxylation sites is 5. The molecule has 0 saturated carbocycles. The van der Waals surface area contributed by atoms with Crippen LogP contribution in [0.25, 0.3) is 144 Å². The van der Waals surface area contributed by atoms with E-state index < -0.39 is 10.8 Å². The van der Waals surface area contributed by atoms with Gasteiger partial charge in [-0.3, -0.25) is 0 Å². The predicted octanol–water partition coefficient (Wildman–Crippen LogP) is 34.5. The number of anilines is 6. The molecule has 0 amide bonds. The van der Waals surface area contributed by atoms with Crippen LogP contribution in [0.3, 0.4) is 0 Å². The first-order chi connectivity index (χ1) is 65.4. The van der Waals surface area contributed by atoms with E-state index in [0.29, 0.717) is 0 Å². The minimum Gasteiger partial charge on any atom is -0.455 e. The molecule has 0 spiro atoms. The van der Waals surface area contributed by atoms with Gasteiger partial charge in [0.15, 0.2) is 0 Å². The van der Waals surface area contributed by atoms with Gasteiger partial charge in [0.2, 0.25) is 0 Å². The maximum absolute atomic E-state index is 6.51. The van der Waals surface area contributed by atoms with Gasteiger partial charge in [-0.15, -0.1) is 0 Å². The molecule has 25 rings (SSSR count). The molecule has 0 saturated heterocycles. The van der Waals surface area contributed by atoms with Gasteiger partial charge >= 0.3 is 0 Å². The Bertz CT molecular complexity index is 7990. The lowest BCUT2D eigenvalue weighted by Gasteiger charge is -2.35. The van der Waals surface area contributed by atoms with E-state index in [1.807, 2.05) is 24.3 Å². The molecule has 23 aromatic rings. The van der Waals surface area contributed by atoms with Gasteiger partial charge in [-0.05, 0) is 218 Å². The normalized spacial score (nSPS) is 12.5. The summed E-state index contributed by atoms with van der Waals surface area (Å²) in [5, 5.41) is 4.52. The molecule has 4 heteroatoms. The van der Waals surface area contributed by atoms with Crippen molar-refractivity contribution in [3.63, 3.8) is 0 Å². The van der Waals surface area contributed by atoms with Crippen LogP contribution in [-0.2, 0) is 10.8 Å². The van der Waals surface area contributed by atoms with Crippen molar-refractivity contribution in [2.24, 2.45) is 0 Å². The van der Waals surface area contributed by atoms with Crippen molar-refractivity contribution in [1.29, 1.82) is 0 Å². The molecule has 132 heavy (non-hydrogen) atoms. The predicted molar refractivity (Wildman–Crippen MR) is 549 cm³/mol. The van der Waals surface area contributed by atoms with E-state index in [0.717, 1.165) is 100 Å². The zero-order chi connectivity index (χ0) is 87.5. The van der Waals surface area contributed by atoms with Crippen LogP contribution in [-0.4, -0.2) is 0 Å². The van der Waals surface area contributed by atoms with Gasteiger partial charge in [0, 0.05) is 66.8 Å². The molecule has 2 aromatic heterocycles. The molecule has 0 radical (unpaired) electrons. The van der Waals surface area contributed by atoms with E-state index in [-0.39, 0.29) is 0 Å². The average Bonchev–Trinajstić information content (AvgIpc) is 1.53. The zero-order valence-corrected chi connectivity index (χ0v) is 72.4. The summed E-state index contributed by atoms with van der Waals surface area (Å²) in [4.78, 5) is 4.79. The molecule has 620 valence electrons. The summed E-state index contributed by atoms with van der Waals surface area (Å²) in [5.74, 6) is 0. The Balaban J connectivity index is 0.000000146. The van der Waals surface area contributed by atoms with Crippen LogP contribution in [0.5, 0.6) is 0 Å². The highest BCUT2D eigenvalue weighted by Gasteiger charge is 2.48. The van der Waals surface area contributed by atoms with Crippen LogP contribution in [0.4, 0.5) is 34.1 Å². The largest absolute Gasteiger partial charge is 0.455 e. The second-order valence-electron chi connectivity index (χ2n) is 34.4. The summed E-state index contributed by atoms with van der Waals surface area (Å²) < 4.78 is 13.0. The van der Waals surface area contributed by atoms with E-state index in [2.05, 4.69) is 507 Å². The molecule has 21 aromatic carbocycles. The maximum atomic E-state index is 6.51. The van der Waals surface area contributed by atoms with E-state index in [9.17, 15) is 0 Å². The Morgan fingerprint density at radius 2 is 0.371 bits per heavy atom. The number of furan rings is 2. The summed E-state index contributed by atoms with van der Waals surface area (Å²) in [5.41, 5.74) is 40.2. The topological polar surface area (TPSA) is 32.8 Å². The first kappa shape index (κ1) is 78.3. The molecule has 4 nitrogen and oxygen atoms in total. The van der Waals surface area contributed by atoms with Crippen LogP contribution < -0.4 is 9.80 Å². The van der Waals surface area contributed by atoms with Crippen molar-refractivity contribution >= 4 is 78.0 Å². The van der Waals surface area contributed by atoms with Crippen LogP contribution in [0.2, 0.25) is 0 Å². The number of nitrogens with zero attached hydrogens (tertiary/aromatic N) is 2. The van der Waals surface area contributed by atoms with E-state index >= 15 is 0 Å². The second-order valence-corrected chi connectivity index (χ2v) is 34.4. The molecular formula is C128H86N2O2. The van der Waals surface area contributed by atoms with Gasteiger partial charge in [-0.1, -0.05) is 437 Å². The van der Waals surface area contributed by atoms with Crippen molar-refractivity contribution in [3.8, 4) is 100 Å². The lowest BCUT2D eigenvalue weighted by molar-refractivity contribution is 0.669. The summed E-state index contributed by atoms with van der Waals surface area (Å²) >= 11 is 0. The van der Waals surface area contributed by atoms with Gasteiger partial charge in [0.25, 0.3) is 0 Å². The van der Waals surface area contributed by atoms with E-state index in [1.54, 1.807) is 0 Å². The van der Waals surface area contributed by atoms with Gasteiger partial charge in [-0.2, -0.15) is 0 Å². The second kappa shape index (κ2) is 33.2. The molecule has 2 heterocycles. The highest BCUT2D eigenvalue weighted by molar-refractivity contribution is 6.11. The van der Waals surface area contributed by atoms with Crippen molar-refractivity contribution in [2.75, 3.05) is 9.80 Å². The molecule has 0 unspecified atom stereocenters. The van der Waals surface area contributed by atoms with Gasteiger partial charge in [0.05, 0.1) is 10.8 Å². The fourth-order valence-corrected chi connectivity index (χ4v) is 21.0. The van der Waals surface area contributed by atoms with Crippen LogP contribution in [0, 0.1) is 0 Å². The minimum absolute atomic E-state index is 0.593. The smallest absolute Gasteiger partial charge is 0.143 e. The third-order valence-electron chi connectivity index (χ3n) is 27.2. The molecule has 0 fully saturated rings. The summed E-state index contributed by atoms with van der Waals surface area (Å²) in [6, 6.07) is 190. The van der Waals surface area contributed by atoms with Gasteiger partial charge in [-0.25, -0.2) is 0 Å². The Kier molecular flexibility index (Phi) is 19.7. The number of fused-ring (bicyclic) bond motifs is 12. The van der Waals surface area contributed by atoms with Crippen molar-refractivity contribution in [1.82, 2.24) is 0 Å². The first-order valence-corrected chi connectivity index (χ1v) is 45.4. The Labute approximate surface area is 768 Å². The molecule has 0 atom stereocenters. The maximum Gasteiger partial charge on any atom is 0.143 e. The zero-order valence-electron chi connectivity index (χ0n) is 72.4. The van der Waals surface area contributed by atoms with E-state index in [4.69, 9.17) is 8.83 Å². The fourth-order valence-electron chi connectivity index (χ4n) is 21.0. The fraction of sp³-hybridized carbons (Fsp3) is 0.0156. The monoisotopic (exact) mass is 1680 g/mol.